The van der Waals surface area contributed by atoms with Gasteiger partial charge >= 0.3 is 6.09 Å². The molecule has 5 aromatic carbocycles. The highest BCUT2D eigenvalue weighted by atomic mass is 32.2. The summed E-state index contributed by atoms with van der Waals surface area (Å²) in [5.41, 5.74) is 6.52. The van der Waals surface area contributed by atoms with Crippen molar-refractivity contribution in [2.75, 3.05) is 24.3 Å². The zero-order valence-corrected chi connectivity index (χ0v) is 26.6. The number of hydrogen-bond donors (Lipinski definition) is 1. The molecule has 1 aliphatic heterocycles. The fraction of sp³-hybridized carbons (Fsp3) is 0.158. The molecule has 2 aliphatic rings. The Morgan fingerprint density at radius 1 is 0.833 bits per heavy atom. The fourth-order valence-electron chi connectivity index (χ4n) is 6.69. The Morgan fingerprint density at radius 2 is 1.50 bits per heavy atom. The third-order valence-electron chi connectivity index (χ3n) is 9.00. The number of fused-ring (bicyclic) bond motifs is 4. The van der Waals surface area contributed by atoms with E-state index in [1.807, 2.05) is 24.3 Å². The first-order chi connectivity index (χ1) is 23.1. The summed E-state index contributed by atoms with van der Waals surface area (Å²) < 4.78 is 58.7. The second-order valence-electron chi connectivity index (χ2n) is 11.9. The molecule has 242 valence electrons. The Bertz CT molecular complexity index is 2160. The molecule has 7 nitrogen and oxygen atoms in total. The number of rotatable bonds is 7. The van der Waals surface area contributed by atoms with Crippen molar-refractivity contribution in [1.29, 1.82) is 0 Å². The molecule has 0 spiro atoms. The lowest BCUT2D eigenvalue weighted by Crippen LogP contribution is -2.31. The summed E-state index contributed by atoms with van der Waals surface area (Å²) in [5, 5.41) is 2.89. The van der Waals surface area contributed by atoms with Crippen LogP contribution in [-0.4, -0.2) is 39.8 Å². The summed E-state index contributed by atoms with van der Waals surface area (Å²) in [6, 6.07) is 29.4. The maximum Gasteiger partial charge on any atom is 0.414 e. The van der Waals surface area contributed by atoms with Crippen LogP contribution in [0.3, 0.4) is 0 Å². The van der Waals surface area contributed by atoms with Crippen LogP contribution in [0.1, 0.15) is 50.1 Å². The van der Waals surface area contributed by atoms with Gasteiger partial charge in [-0.1, -0.05) is 72.8 Å². The highest BCUT2D eigenvalue weighted by Gasteiger charge is 2.33. The van der Waals surface area contributed by atoms with E-state index in [9.17, 15) is 26.8 Å². The number of anilines is 1. The lowest BCUT2D eigenvalue weighted by Gasteiger charge is -2.22. The molecule has 1 N–H and O–H groups in total. The van der Waals surface area contributed by atoms with E-state index in [4.69, 9.17) is 4.74 Å². The largest absolute Gasteiger partial charge is 0.448 e. The van der Waals surface area contributed by atoms with Gasteiger partial charge in [0, 0.05) is 24.3 Å². The van der Waals surface area contributed by atoms with E-state index in [-0.39, 0.29) is 23.0 Å². The fourth-order valence-corrected chi connectivity index (χ4v) is 7.37. The predicted molar refractivity (Wildman–Crippen MR) is 178 cm³/mol. The number of benzene rings is 5. The minimum atomic E-state index is -3.59. The van der Waals surface area contributed by atoms with Gasteiger partial charge in [0.15, 0.2) is 21.5 Å². The van der Waals surface area contributed by atoms with Crippen LogP contribution in [0, 0.1) is 11.6 Å². The Labute approximate surface area is 276 Å². The molecule has 1 unspecified atom stereocenters. The lowest BCUT2D eigenvalue weighted by atomic mass is 9.97. The molecule has 0 aromatic heterocycles. The molecule has 48 heavy (non-hydrogen) atoms. The van der Waals surface area contributed by atoms with E-state index < -0.39 is 39.5 Å². The summed E-state index contributed by atoms with van der Waals surface area (Å²) in [6.07, 6.45) is 0.931. The third kappa shape index (κ3) is 5.73. The zero-order chi connectivity index (χ0) is 33.6. The van der Waals surface area contributed by atoms with E-state index in [1.54, 1.807) is 24.3 Å². The quantitative estimate of drug-likeness (QED) is 0.199. The number of nitrogens with one attached hydrogen (secondary N) is 1. The molecule has 0 bridgehead atoms. The average molecular weight is 665 g/mol. The second-order valence-corrected chi connectivity index (χ2v) is 13.9. The molecule has 0 fully saturated rings. The minimum absolute atomic E-state index is 0.0150. The van der Waals surface area contributed by atoms with Crippen LogP contribution in [0.5, 0.6) is 0 Å². The first kappa shape index (κ1) is 31.3. The molecular weight excluding hydrogens is 634 g/mol. The van der Waals surface area contributed by atoms with E-state index in [0.29, 0.717) is 35.3 Å². The predicted octanol–water partition coefficient (Wildman–Crippen LogP) is 7.20. The molecular formula is C38H30F2N2O5S. The molecule has 0 saturated carbocycles. The maximum absolute atomic E-state index is 14.4. The number of ether oxygens (including phenoxy) is 1. The number of carbonyl (C=O) groups is 2. The Hall–Kier alpha value is -5.35. The van der Waals surface area contributed by atoms with Crippen LogP contribution in [0.25, 0.3) is 11.1 Å². The summed E-state index contributed by atoms with van der Waals surface area (Å²) in [6.45, 7) is 0.459. The zero-order valence-electron chi connectivity index (χ0n) is 25.8. The maximum atomic E-state index is 14.4. The normalized spacial score (nSPS) is 14.2. The monoisotopic (exact) mass is 664 g/mol. The van der Waals surface area contributed by atoms with Gasteiger partial charge in [0.2, 0.25) is 0 Å². The van der Waals surface area contributed by atoms with Gasteiger partial charge in [0.25, 0.3) is 5.91 Å². The van der Waals surface area contributed by atoms with Gasteiger partial charge in [-0.05, 0) is 81.8 Å². The Kier molecular flexibility index (Phi) is 8.04. The van der Waals surface area contributed by atoms with Crippen molar-refractivity contribution in [2.45, 2.75) is 23.3 Å². The van der Waals surface area contributed by atoms with Crippen molar-refractivity contribution >= 4 is 27.5 Å². The van der Waals surface area contributed by atoms with Crippen LogP contribution in [-0.2, 0) is 21.0 Å². The van der Waals surface area contributed by atoms with Gasteiger partial charge < -0.3 is 10.1 Å². The van der Waals surface area contributed by atoms with Gasteiger partial charge in [-0.25, -0.2) is 22.0 Å². The van der Waals surface area contributed by atoms with Gasteiger partial charge in [0.05, 0.1) is 16.6 Å². The average Bonchev–Trinajstić information content (AvgIpc) is 3.67. The highest BCUT2D eigenvalue weighted by molar-refractivity contribution is 7.90. The van der Waals surface area contributed by atoms with Crippen LogP contribution in [0.15, 0.2) is 114 Å². The molecule has 7 rings (SSSR count). The summed E-state index contributed by atoms with van der Waals surface area (Å²) in [4.78, 5) is 28.9. The van der Waals surface area contributed by atoms with Crippen molar-refractivity contribution in [3.63, 3.8) is 0 Å². The van der Waals surface area contributed by atoms with E-state index >= 15 is 0 Å². The van der Waals surface area contributed by atoms with Crippen molar-refractivity contribution in [1.82, 2.24) is 5.32 Å². The Balaban J connectivity index is 1.14. The number of sulfone groups is 1. The molecule has 1 aliphatic carbocycles. The van der Waals surface area contributed by atoms with E-state index in [2.05, 4.69) is 29.6 Å². The number of halogens is 2. The minimum Gasteiger partial charge on any atom is -0.448 e. The number of hydrogen-bond acceptors (Lipinski definition) is 5. The van der Waals surface area contributed by atoms with Gasteiger partial charge in [0.1, 0.15) is 6.61 Å². The lowest BCUT2D eigenvalue weighted by molar-refractivity contribution is 0.0942. The number of nitrogens with zero attached hydrogens (tertiary/aromatic N) is 1. The first-order valence-corrected chi connectivity index (χ1v) is 17.3. The molecule has 1 heterocycles. The topological polar surface area (TPSA) is 92.8 Å². The van der Waals surface area contributed by atoms with Crippen LogP contribution >= 0.6 is 0 Å². The number of amides is 2. The molecule has 0 radical (unpaired) electrons. The standard InChI is InChI=1S/C38H30F2N2O5S/c1-48(45,46)25-9-6-8-23(20-25)36(24-16-17-33(39)34(40)21-24)41-37(43)31-14-7-15-35-30(31)18-19-42(35)38(44)47-22-32-28-12-4-2-10-26(28)27-11-3-5-13-29(27)32/h2-17,20-21,32,36H,18-19,22H2,1H3,(H,41,43). The highest BCUT2D eigenvalue weighted by Crippen LogP contribution is 2.44. The summed E-state index contributed by atoms with van der Waals surface area (Å²) in [7, 11) is -3.59. The third-order valence-corrected chi connectivity index (χ3v) is 10.1. The van der Waals surface area contributed by atoms with Gasteiger partial charge in [-0.15, -0.1) is 0 Å². The van der Waals surface area contributed by atoms with Crippen molar-refractivity contribution in [3.05, 3.63) is 154 Å². The molecule has 5 aromatic rings. The molecule has 0 saturated heterocycles. The van der Waals surface area contributed by atoms with Crippen LogP contribution in [0.2, 0.25) is 0 Å². The molecule has 1 atom stereocenters. The van der Waals surface area contributed by atoms with Gasteiger partial charge in [-0.3, -0.25) is 9.69 Å². The molecule has 10 heteroatoms. The van der Waals surface area contributed by atoms with Crippen molar-refractivity contribution < 1.29 is 31.5 Å². The van der Waals surface area contributed by atoms with Crippen LogP contribution in [0.4, 0.5) is 19.3 Å². The van der Waals surface area contributed by atoms with E-state index in [0.717, 1.165) is 40.6 Å². The summed E-state index contributed by atoms with van der Waals surface area (Å²) >= 11 is 0. The van der Waals surface area contributed by atoms with Crippen molar-refractivity contribution in [2.24, 2.45) is 0 Å². The van der Waals surface area contributed by atoms with Crippen LogP contribution < -0.4 is 10.2 Å². The molecule has 2 amide bonds. The van der Waals surface area contributed by atoms with Crippen molar-refractivity contribution in [3.8, 4) is 11.1 Å². The summed E-state index contributed by atoms with van der Waals surface area (Å²) in [5.74, 6) is -2.79. The Morgan fingerprint density at radius 3 is 2.19 bits per heavy atom. The number of carbonyl (C=O) groups excluding carboxylic acids is 2. The second kappa shape index (κ2) is 12.4. The van der Waals surface area contributed by atoms with E-state index in [1.165, 1.54) is 29.2 Å². The first-order valence-electron chi connectivity index (χ1n) is 15.4. The SMILES string of the molecule is CS(=O)(=O)c1cccc(C(NC(=O)c2cccc3c2CCN3C(=O)OCC2c3ccccc3-c3ccccc32)c2ccc(F)c(F)c2)c1. The van der Waals surface area contributed by atoms with Gasteiger partial charge in [-0.2, -0.15) is 0 Å². The smallest absolute Gasteiger partial charge is 0.414 e.